The molecule has 1 aliphatic rings. The van der Waals surface area contributed by atoms with Crippen molar-refractivity contribution in [2.24, 2.45) is 0 Å². The Morgan fingerprint density at radius 2 is 1.68 bits per heavy atom. The Morgan fingerprint density at radius 1 is 1.00 bits per heavy atom. The number of amides is 1. The van der Waals surface area contributed by atoms with Crippen LogP contribution in [0.15, 0.2) is 48.5 Å². The van der Waals surface area contributed by atoms with Gasteiger partial charge in [-0.25, -0.2) is 0 Å². The Bertz CT molecular complexity index is 758. The van der Waals surface area contributed by atoms with Crippen molar-refractivity contribution in [3.63, 3.8) is 0 Å². The Labute approximate surface area is 167 Å². The van der Waals surface area contributed by atoms with E-state index in [2.05, 4.69) is 22.3 Å². The van der Waals surface area contributed by atoms with E-state index in [1.807, 2.05) is 32.0 Å². The molecule has 0 spiro atoms. The van der Waals surface area contributed by atoms with Gasteiger partial charge in [-0.2, -0.15) is 0 Å². The van der Waals surface area contributed by atoms with Gasteiger partial charge in [-0.3, -0.25) is 4.79 Å². The van der Waals surface area contributed by atoms with Crippen molar-refractivity contribution in [3.8, 4) is 11.5 Å². The summed E-state index contributed by atoms with van der Waals surface area (Å²) in [6.07, 6.45) is 2.46. The van der Waals surface area contributed by atoms with Gasteiger partial charge in [0.2, 0.25) is 0 Å². The fourth-order valence-corrected chi connectivity index (χ4v) is 3.58. The first-order valence-electron chi connectivity index (χ1n) is 10.2. The van der Waals surface area contributed by atoms with E-state index in [-0.39, 0.29) is 11.9 Å². The van der Waals surface area contributed by atoms with Crippen LogP contribution in [0.1, 0.15) is 48.7 Å². The van der Waals surface area contributed by atoms with Gasteiger partial charge in [0.05, 0.1) is 19.3 Å². The van der Waals surface area contributed by atoms with E-state index in [4.69, 9.17) is 9.47 Å². The average molecular weight is 383 g/mol. The molecule has 0 aliphatic carbocycles. The second-order valence-electron chi connectivity index (χ2n) is 6.97. The van der Waals surface area contributed by atoms with Crippen LogP contribution in [0.4, 0.5) is 0 Å². The predicted molar refractivity (Wildman–Crippen MR) is 111 cm³/mol. The molecule has 3 rings (SSSR count). The molecular weight excluding hydrogens is 352 g/mol. The lowest BCUT2D eigenvalue weighted by atomic mass is 10.1. The third kappa shape index (κ3) is 5.26. The molecular formula is C23H30N2O3. The van der Waals surface area contributed by atoms with Crippen molar-refractivity contribution in [2.45, 2.75) is 32.7 Å². The zero-order valence-electron chi connectivity index (χ0n) is 16.8. The maximum atomic E-state index is 13.0. The molecule has 0 radical (unpaired) electrons. The van der Waals surface area contributed by atoms with Crippen LogP contribution >= 0.6 is 0 Å². The zero-order valence-corrected chi connectivity index (χ0v) is 16.8. The maximum absolute atomic E-state index is 13.0. The number of rotatable bonds is 9. The van der Waals surface area contributed by atoms with Crippen molar-refractivity contribution in [2.75, 3.05) is 32.8 Å². The number of ether oxygens (including phenoxy) is 2. The molecule has 1 saturated heterocycles. The molecule has 0 aromatic heterocycles. The lowest BCUT2D eigenvalue weighted by molar-refractivity contribution is 0.0926. The first-order chi connectivity index (χ1) is 13.7. The number of hydrogen-bond donors (Lipinski definition) is 1. The van der Waals surface area contributed by atoms with Crippen LogP contribution in [-0.4, -0.2) is 43.7 Å². The van der Waals surface area contributed by atoms with Gasteiger partial charge < -0.3 is 19.7 Å². The Morgan fingerprint density at radius 3 is 2.36 bits per heavy atom. The summed E-state index contributed by atoms with van der Waals surface area (Å²) in [5.41, 5.74) is 1.70. The number of hydrogen-bond acceptors (Lipinski definition) is 4. The fraction of sp³-hybridized carbons (Fsp3) is 0.435. The molecule has 0 saturated carbocycles. The van der Waals surface area contributed by atoms with E-state index in [0.29, 0.717) is 30.3 Å². The third-order valence-corrected chi connectivity index (χ3v) is 4.95. The van der Waals surface area contributed by atoms with Gasteiger partial charge >= 0.3 is 0 Å². The van der Waals surface area contributed by atoms with E-state index < -0.39 is 0 Å². The van der Waals surface area contributed by atoms with Crippen molar-refractivity contribution < 1.29 is 14.3 Å². The highest BCUT2D eigenvalue weighted by atomic mass is 16.5. The van der Waals surface area contributed by atoms with E-state index in [9.17, 15) is 4.79 Å². The second kappa shape index (κ2) is 10.1. The molecule has 1 N–H and O–H groups in total. The highest BCUT2D eigenvalue weighted by Crippen LogP contribution is 2.29. The highest BCUT2D eigenvalue weighted by Gasteiger charge is 2.22. The lowest BCUT2D eigenvalue weighted by Gasteiger charge is -2.25. The molecule has 5 nitrogen and oxygen atoms in total. The summed E-state index contributed by atoms with van der Waals surface area (Å²) in [7, 11) is 0. The second-order valence-corrected chi connectivity index (χ2v) is 6.97. The highest BCUT2D eigenvalue weighted by molar-refractivity contribution is 5.95. The van der Waals surface area contributed by atoms with Crippen LogP contribution < -0.4 is 14.8 Å². The maximum Gasteiger partial charge on any atom is 0.251 e. The first-order valence-corrected chi connectivity index (χ1v) is 10.2. The molecule has 2 aromatic carbocycles. The van der Waals surface area contributed by atoms with E-state index >= 15 is 0 Å². The molecule has 1 aliphatic heterocycles. The van der Waals surface area contributed by atoms with Gasteiger partial charge in [0, 0.05) is 12.1 Å². The number of nitrogens with one attached hydrogen (secondary N) is 1. The summed E-state index contributed by atoms with van der Waals surface area (Å²) in [6, 6.07) is 15.5. The van der Waals surface area contributed by atoms with Gasteiger partial charge in [0.15, 0.2) is 11.5 Å². The molecule has 5 heteroatoms. The summed E-state index contributed by atoms with van der Waals surface area (Å²) in [4.78, 5) is 15.4. The largest absolute Gasteiger partial charge is 0.490 e. The minimum atomic E-state index is -0.1000. The summed E-state index contributed by atoms with van der Waals surface area (Å²) >= 11 is 0. The number of carbonyl (C=O) groups excluding carboxylic acids is 1. The molecule has 2 aromatic rings. The van der Waals surface area contributed by atoms with Crippen LogP contribution in [-0.2, 0) is 0 Å². The lowest BCUT2D eigenvalue weighted by Crippen LogP contribution is -2.37. The zero-order chi connectivity index (χ0) is 19.8. The van der Waals surface area contributed by atoms with Crippen LogP contribution in [0.2, 0.25) is 0 Å². The molecule has 1 amide bonds. The molecule has 1 unspecified atom stereocenters. The van der Waals surface area contributed by atoms with E-state index in [1.54, 1.807) is 18.2 Å². The first kappa shape index (κ1) is 20.2. The van der Waals surface area contributed by atoms with E-state index in [0.717, 1.165) is 25.2 Å². The molecule has 1 atom stereocenters. The predicted octanol–water partition coefficient (Wildman–Crippen LogP) is 4.05. The SMILES string of the molecule is CCOc1ccc(C(=O)NC(CN2CCCC2)c2ccccc2)cc1OCC. The van der Waals surface area contributed by atoms with Crippen LogP contribution in [0, 0.1) is 0 Å². The number of nitrogens with zero attached hydrogens (tertiary/aromatic N) is 1. The quantitative estimate of drug-likeness (QED) is 0.711. The molecule has 0 bridgehead atoms. The van der Waals surface area contributed by atoms with Crippen molar-refractivity contribution >= 4 is 5.91 Å². The van der Waals surface area contributed by atoms with Gasteiger partial charge in [-0.15, -0.1) is 0 Å². The number of likely N-dealkylation sites (tertiary alicyclic amines) is 1. The van der Waals surface area contributed by atoms with Crippen LogP contribution in [0.25, 0.3) is 0 Å². The normalized spacial score (nSPS) is 15.2. The standard InChI is InChI=1S/C23H30N2O3/c1-3-27-21-13-12-19(16-22(21)28-4-2)23(26)24-20(17-25-14-8-9-15-25)18-10-6-5-7-11-18/h5-7,10-13,16,20H,3-4,8-9,14-15,17H2,1-2H3,(H,24,26). The minimum absolute atomic E-state index is 0.0473. The van der Waals surface area contributed by atoms with Crippen LogP contribution in [0.3, 0.4) is 0 Å². The average Bonchev–Trinajstić information content (AvgIpc) is 3.23. The number of benzene rings is 2. The molecule has 150 valence electrons. The van der Waals surface area contributed by atoms with Crippen molar-refractivity contribution in [1.29, 1.82) is 0 Å². The number of carbonyl (C=O) groups is 1. The van der Waals surface area contributed by atoms with Crippen molar-refractivity contribution in [3.05, 3.63) is 59.7 Å². The van der Waals surface area contributed by atoms with Crippen molar-refractivity contribution in [1.82, 2.24) is 10.2 Å². The summed E-state index contributed by atoms with van der Waals surface area (Å²) in [5, 5.41) is 3.22. The molecule has 1 heterocycles. The Kier molecular flexibility index (Phi) is 7.31. The summed E-state index contributed by atoms with van der Waals surface area (Å²) in [6.45, 7) is 7.94. The van der Waals surface area contributed by atoms with E-state index in [1.165, 1.54) is 12.8 Å². The summed E-state index contributed by atoms with van der Waals surface area (Å²) in [5.74, 6) is 1.17. The van der Waals surface area contributed by atoms with Gasteiger partial charge in [0.25, 0.3) is 5.91 Å². The van der Waals surface area contributed by atoms with Gasteiger partial charge in [-0.05, 0) is 63.5 Å². The summed E-state index contributed by atoms with van der Waals surface area (Å²) < 4.78 is 11.3. The minimum Gasteiger partial charge on any atom is -0.490 e. The smallest absolute Gasteiger partial charge is 0.251 e. The Hall–Kier alpha value is -2.53. The molecule has 28 heavy (non-hydrogen) atoms. The topological polar surface area (TPSA) is 50.8 Å². The fourth-order valence-electron chi connectivity index (χ4n) is 3.58. The molecule has 1 fully saturated rings. The van der Waals surface area contributed by atoms with Gasteiger partial charge in [0.1, 0.15) is 0 Å². The monoisotopic (exact) mass is 382 g/mol. The van der Waals surface area contributed by atoms with Gasteiger partial charge in [-0.1, -0.05) is 30.3 Å². The Balaban J connectivity index is 1.78. The third-order valence-electron chi connectivity index (χ3n) is 4.95. The van der Waals surface area contributed by atoms with Crippen LogP contribution in [0.5, 0.6) is 11.5 Å².